The number of amides is 1. The van der Waals surface area contributed by atoms with Crippen molar-refractivity contribution < 1.29 is 14.3 Å². The average Bonchev–Trinajstić information content (AvgIpc) is 3.01. The third kappa shape index (κ3) is 8.38. The number of hydrogen-bond donors (Lipinski definition) is 1. The second kappa shape index (κ2) is 15.7. The molecule has 1 N–H and O–H groups in total. The van der Waals surface area contributed by atoms with Gasteiger partial charge in [0.1, 0.15) is 6.54 Å². The molecule has 7 heteroatoms. The number of esters is 1. The maximum absolute atomic E-state index is 13.1. The fourth-order valence-electron chi connectivity index (χ4n) is 5.29. The van der Waals surface area contributed by atoms with Gasteiger partial charge in [-0.1, -0.05) is 88.6 Å². The van der Waals surface area contributed by atoms with E-state index >= 15 is 0 Å². The summed E-state index contributed by atoms with van der Waals surface area (Å²) in [6.07, 6.45) is 18.0. The van der Waals surface area contributed by atoms with Crippen molar-refractivity contribution in [3.8, 4) is 11.1 Å². The molecule has 7 nitrogen and oxygen atoms in total. The van der Waals surface area contributed by atoms with Gasteiger partial charge in [-0.3, -0.25) is 19.4 Å². The Morgan fingerprint density at radius 1 is 0.857 bits per heavy atom. The maximum Gasteiger partial charge on any atom is 0.325 e. The van der Waals surface area contributed by atoms with Crippen molar-refractivity contribution in [2.24, 2.45) is 0 Å². The van der Waals surface area contributed by atoms with E-state index in [4.69, 9.17) is 0 Å². The van der Waals surface area contributed by atoms with Crippen LogP contribution in [0.1, 0.15) is 80.6 Å². The van der Waals surface area contributed by atoms with E-state index in [1.165, 1.54) is 93.4 Å². The van der Waals surface area contributed by atoms with Crippen LogP contribution in [0.5, 0.6) is 0 Å². The van der Waals surface area contributed by atoms with E-state index in [2.05, 4.69) is 40.2 Å². The largest absolute Gasteiger partial charge is 0.468 e. The zero-order valence-electron chi connectivity index (χ0n) is 24.7. The lowest BCUT2D eigenvalue weighted by Gasteiger charge is -2.12. The van der Waals surface area contributed by atoms with Gasteiger partial charge in [-0.2, -0.15) is 0 Å². The van der Waals surface area contributed by atoms with E-state index in [-0.39, 0.29) is 18.0 Å². The van der Waals surface area contributed by atoms with Gasteiger partial charge >= 0.3 is 5.97 Å². The van der Waals surface area contributed by atoms with Crippen molar-refractivity contribution in [2.75, 3.05) is 12.4 Å². The van der Waals surface area contributed by atoms with Crippen LogP contribution < -0.4 is 10.9 Å². The van der Waals surface area contributed by atoms with E-state index in [9.17, 15) is 14.4 Å². The first-order valence-electron chi connectivity index (χ1n) is 15.0. The van der Waals surface area contributed by atoms with Crippen molar-refractivity contribution in [1.82, 2.24) is 9.55 Å². The molecule has 2 heterocycles. The SMILES string of the molecule is CCCCCCCCCCCc1cccc2c(-c3cccc(C(=O)Nc4ccc(=O)n(CC(=O)OC)c4)c3)cncc12. The molecule has 2 aromatic carbocycles. The van der Waals surface area contributed by atoms with Crippen LogP contribution in [-0.4, -0.2) is 28.5 Å². The Bertz CT molecular complexity index is 1560. The molecule has 0 fully saturated rings. The van der Waals surface area contributed by atoms with Gasteiger partial charge in [0.05, 0.1) is 12.8 Å². The van der Waals surface area contributed by atoms with Gasteiger partial charge in [-0.25, -0.2) is 0 Å². The van der Waals surface area contributed by atoms with Gasteiger partial charge in [0.25, 0.3) is 11.5 Å². The fraction of sp³-hybridized carbons (Fsp3) is 0.371. The minimum atomic E-state index is -0.548. The summed E-state index contributed by atoms with van der Waals surface area (Å²) in [4.78, 5) is 41.4. The van der Waals surface area contributed by atoms with E-state index in [1.807, 2.05) is 30.6 Å². The highest BCUT2D eigenvalue weighted by Gasteiger charge is 2.13. The number of benzene rings is 2. The number of unbranched alkanes of at least 4 members (excludes halogenated alkanes) is 8. The zero-order valence-corrected chi connectivity index (χ0v) is 24.7. The predicted molar refractivity (Wildman–Crippen MR) is 169 cm³/mol. The Hall–Kier alpha value is -4.26. The third-order valence-electron chi connectivity index (χ3n) is 7.65. The molecule has 1 amide bonds. The lowest BCUT2D eigenvalue weighted by atomic mass is 9.95. The number of aromatic nitrogens is 2. The fourth-order valence-corrected chi connectivity index (χ4v) is 5.29. The average molecular weight is 568 g/mol. The molecule has 220 valence electrons. The number of rotatable bonds is 15. The normalized spacial score (nSPS) is 11.0. The number of fused-ring (bicyclic) bond motifs is 1. The second-order valence-electron chi connectivity index (χ2n) is 10.8. The molecule has 0 radical (unpaired) electrons. The molecule has 0 atom stereocenters. The van der Waals surface area contributed by atoms with Crippen LogP contribution in [-0.2, 0) is 22.5 Å². The molecule has 0 spiro atoms. The first kappa shape index (κ1) is 30.7. The summed E-state index contributed by atoms with van der Waals surface area (Å²) >= 11 is 0. The quantitative estimate of drug-likeness (QED) is 0.118. The first-order chi connectivity index (χ1) is 20.5. The van der Waals surface area contributed by atoms with Crippen molar-refractivity contribution in [3.05, 3.63) is 94.7 Å². The molecule has 0 saturated carbocycles. The summed E-state index contributed by atoms with van der Waals surface area (Å²) in [5, 5.41) is 5.09. The zero-order chi connectivity index (χ0) is 29.7. The molecule has 0 unspecified atom stereocenters. The van der Waals surface area contributed by atoms with E-state index < -0.39 is 5.97 Å². The molecule has 2 aromatic heterocycles. The lowest BCUT2D eigenvalue weighted by Crippen LogP contribution is -2.24. The van der Waals surface area contributed by atoms with E-state index in [0.717, 1.165) is 28.3 Å². The molecule has 0 aliphatic heterocycles. The first-order valence-corrected chi connectivity index (χ1v) is 15.0. The second-order valence-corrected chi connectivity index (χ2v) is 10.8. The number of nitrogens with zero attached hydrogens (tertiary/aromatic N) is 2. The number of carbonyl (C=O) groups is 2. The number of ether oxygens (including phenoxy) is 1. The topological polar surface area (TPSA) is 90.3 Å². The van der Waals surface area contributed by atoms with Gasteiger partial charge in [0.15, 0.2) is 0 Å². The summed E-state index contributed by atoms with van der Waals surface area (Å²) < 4.78 is 5.85. The Labute approximate surface area is 247 Å². The van der Waals surface area contributed by atoms with Crippen LogP contribution in [0.3, 0.4) is 0 Å². The molecule has 4 aromatic rings. The Morgan fingerprint density at radius 2 is 1.60 bits per heavy atom. The molecular weight excluding hydrogens is 526 g/mol. The van der Waals surface area contributed by atoms with Crippen LogP contribution in [0, 0.1) is 0 Å². The number of anilines is 1. The molecule has 42 heavy (non-hydrogen) atoms. The van der Waals surface area contributed by atoms with Gasteiger partial charge < -0.3 is 14.6 Å². The van der Waals surface area contributed by atoms with Gasteiger partial charge in [0.2, 0.25) is 0 Å². The molecule has 4 rings (SSSR count). The predicted octanol–water partition coefficient (Wildman–Crippen LogP) is 7.56. The molecule has 0 aliphatic rings. The number of aryl methyl sites for hydroxylation is 1. The summed E-state index contributed by atoms with van der Waals surface area (Å²) in [6, 6.07) is 16.7. The monoisotopic (exact) mass is 567 g/mol. The number of pyridine rings is 2. The number of methoxy groups -OCH3 is 1. The van der Waals surface area contributed by atoms with Gasteiger partial charge in [0, 0.05) is 41.2 Å². The number of carbonyl (C=O) groups excluding carboxylic acids is 2. The molecule has 0 saturated heterocycles. The minimum Gasteiger partial charge on any atom is -0.468 e. The highest BCUT2D eigenvalue weighted by molar-refractivity contribution is 6.06. The number of nitrogens with one attached hydrogen (secondary N) is 1. The van der Waals surface area contributed by atoms with Crippen LogP contribution >= 0.6 is 0 Å². The standard InChI is InChI=1S/C35H41N3O4/c1-3-4-5-6-7-8-9-10-11-14-26-15-13-18-30-31(26)22-36-23-32(30)27-16-12-17-28(21-27)35(41)37-29-19-20-33(39)38(24-29)25-34(40)42-2/h12-13,15-24H,3-11,14,25H2,1-2H3,(H,37,41). The lowest BCUT2D eigenvalue weighted by molar-refractivity contribution is -0.141. The van der Waals surface area contributed by atoms with Crippen LogP contribution in [0.25, 0.3) is 21.9 Å². The van der Waals surface area contributed by atoms with Crippen molar-refractivity contribution in [2.45, 2.75) is 77.7 Å². The molecule has 0 aliphatic carbocycles. The summed E-state index contributed by atoms with van der Waals surface area (Å²) in [5.41, 5.74) is 3.70. The highest BCUT2D eigenvalue weighted by Crippen LogP contribution is 2.31. The summed E-state index contributed by atoms with van der Waals surface area (Å²) in [7, 11) is 1.26. The van der Waals surface area contributed by atoms with Gasteiger partial charge in [-0.05, 0) is 47.6 Å². The van der Waals surface area contributed by atoms with Crippen LogP contribution in [0.4, 0.5) is 5.69 Å². The third-order valence-corrected chi connectivity index (χ3v) is 7.65. The van der Waals surface area contributed by atoms with Crippen molar-refractivity contribution in [1.29, 1.82) is 0 Å². The van der Waals surface area contributed by atoms with Crippen molar-refractivity contribution in [3.63, 3.8) is 0 Å². The van der Waals surface area contributed by atoms with E-state index in [1.54, 1.807) is 6.07 Å². The van der Waals surface area contributed by atoms with Crippen LogP contribution in [0.2, 0.25) is 0 Å². The molecule has 0 bridgehead atoms. The highest BCUT2D eigenvalue weighted by atomic mass is 16.5. The minimum absolute atomic E-state index is 0.232. The Balaban J connectivity index is 1.44. The number of hydrogen-bond acceptors (Lipinski definition) is 5. The van der Waals surface area contributed by atoms with E-state index in [0.29, 0.717) is 11.3 Å². The Morgan fingerprint density at radius 3 is 2.36 bits per heavy atom. The smallest absolute Gasteiger partial charge is 0.325 e. The van der Waals surface area contributed by atoms with Gasteiger partial charge in [-0.15, -0.1) is 0 Å². The summed E-state index contributed by atoms with van der Waals surface area (Å²) in [6.45, 7) is 2.02. The van der Waals surface area contributed by atoms with Crippen molar-refractivity contribution >= 4 is 28.3 Å². The van der Waals surface area contributed by atoms with Crippen LogP contribution in [0.15, 0.2) is 78.0 Å². The summed E-state index contributed by atoms with van der Waals surface area (Å²) in [5.74, 6) is -0.868. The maximum atomic E-state index is 13.1. The molecular formula is C35H41N3O4. The Kier molecular flexibility index (Phi) is 11.4.